The van der Waals surface area contributed by atoms with Gasteiger partial charge in [-0.25, -0.2) is 13.8 Å². The molecule has 2 N–H and O–H groups in total. The van der Waals surface area contributed by atoms with Gasteiger partial charge in [0.15, 0.2) is 5.13 Å². The Morgan fingerprint density at radius 1 is 1.04 bits per heavy atom. The van der Waals surface area contributed by atoms with E-state index in [1.54, 1.807) is 6.92 Å². The van der Waals surface area contributed by atoms with Gasteiger partial charge in [0.25, 0.3) is 5.91 Å². The molecule has 128 valence electrons. The molecule has 0 spiro atoms. The number of halogens is 2. The van der Waals surface area contributed by atoms with Gasteiger partial charge in [0.05, 0.1) is 5.69 Å². The zero-order chi connectivity index (χ0) is 18.0. The van der Waals surface area contributed by atoms with Crippen molar-refractivity contribution in [3.05, 3.63) is 70.2 Å². The van der Waals surface area contributed by atoms with Crippen LogP contribution in [0.3, 0.4) is 0 Å². The summed E-state index contributed by atoms with van der Waals surface area (Å²) in [5.41, 5.74) is 2.57. The third-order valence-corrected chi connectivity index (χ3v) is 4.46. The van der Waals surface area contributed by atoms with Crippen LogP contribution in [0.2, 0.25) is 0 Å². The van der Waals surface area contributed by atoms with Gasteiger partial charge in [-0.3, -0.25) is 4.79 Å². The molecule has 25 heavy (non-hydrogen) atoms. The summed E-state index contributed by atoms with van der Waals surface area (Å²) in [6.07, 6.45) is 0. The van der Waals surface area contributed by atoms with Gasteiger partial charge in [-0.05, 0) is 43.7 Å². The summed E-state index contributed by atoms with van der Waals surface area (Å²) in [6.45, 7) is 3.69. The Morgan fingerprint density at radius 3 is 2.44 bits per heavy atom. The molecule has 3 aromatic rings. The van der Waals surface area contributed by atoms with Crippen LogP contribution < -0.4 is 10.6 Å². The highest BCUT2D eigenvalue weighted by Crippen LogP contribution is 2.27. The molecule has 1 heterocycles. The second-order valence-electron chi connectivity index (χ2n) is 5.54. The number of nitrogens with zero attached hydrogens (tertiary/aromatic N) is 1. The Kier molecular flexibility index (Phi) is 4.76. The Balaban J connectivity index is 1.78. The summed E-state index contributed by atoms with van der Waals surface area (Å²) < 4.78 is 26.5. The summed E-state index contributed by atoms with van der Waals surface area (Å²) >= 11 is 1.17. The van der Waals surface area contributed by atoms with Crippen molar-refractivity contribution in [2.24, 2.45) is 0 Å². The molecule has 4 nitrogen and oxygen atoms in total. The average molecular weight is 359 g/mol. The summed E-state index contributed by atoms with van der Waals surface area (Å²) in [4.78, 5) is 17.1. The lowest BCUT2D eigenvalue weighted by Gasteiger charge is -2.04. The number of carbonyl (C=O) groups excluding carboxylic acids is 1. The number of carbonyl (C=O) groups is 1. The van der Waals surface area contributed by atoms with Gasteiger partial charge < -0.3 is 10.6 Å². The van der Waals surface area contributed by atoms with E-state index in [1.807, 2.05) is 31.2 Å². The van der Waals surface area contributed by atoms with Crippen LogP contribution in [0, 0.1) is 25.5 Å². The van der Waals surface area contributed by atoms with Crippen molar-refractivity contribution in [2.45, 2.75) is 13.8 Å². The normalized spacial score (nSPS) is 10.6. The minimum atomic E-state index is -0.752. The van der Waals surface area contributed by atoms with Crippen LogP contribution in [-0.4, -0.2) is 10.9 Å². The van der Waals surface area contributed by atoms with Gasteiger partial charge in [0.2, 0.25) is 0 Å². The lowest BCUT2D eigenvalue weighted by atomic mass is 10.2. The standard InChI is InChI=1S/C18H15F2N3OS/c1-10-4-3-5-14(6-10)23-18-21-11(2)16(25-18)17(24)22-15-8-12(19)7-13(20)9-15/h3-9H,1-2H3,(H,21,23)(H,22,24). The van der Waals surface area contributed by atoms with Crippen molar-refractivity contribution >= 4 is 33.8 Å². The molecule has 1 aromatic heterocycles. The Labute approximate surface area is 147 Å². The molecule has 0 radical (unpaired) electrons. The van der Waals surface area contributed by atoms with E-state index in [2.05, 4.69) is 15.6 Å². The van der Waals surface area contributed by atoms with E-state index in [9.17, 15) is 13.6 Å². The number of rotatable bonds is 4. The maximum absolute atomic E-state index is 13.2. The Hall–Kier alpha value is -2.80. The fourth-order valence-corrected chi connectivity index (χ4v) is 3.20. The van der Waals surface area contributed by atoms with Crippen molar-refractivity contribution in [3.63, 3.8) is 0 Å². The van der Waals surface area contributed by atoms with Crippen molar-refractivity contribution in [2.75, 3.05) is 10.6 Å². The molecular weight excluding hydrogens is 344 g/mol. The van der Waals surface area contributed by atoms with Crippen molar-refractivity contribution < 1.29 is 13.6 Å². The molecule has 0 saturated carbocycles. The minimum absolute atomic E-state index is 0.0588. The molecular formula is C18H15F2N3OS. The van der Waals surface area contributed by atoms with Crippen LogP contribution in [0.4, 0.5) is 25.3 Å². The van der Waals surface area contributed by atoms with E-state index >= 15 is 0 Å². The second-order valence-corrected chi connectivity index (χ2v) is 6.54. The topological polar surface area (TPSA) is 54.0 Å². The predicted octanol–water partition coefficient (Wildman–Crippen LogP) is 5.03. The molecule has 7 heteroatoms. The number of anilines is 3. The monoisotopic (exact) mass is 359 g/mol. The molecule has 0 fully saturated rings. The molecule has 0 aliphatic carbocycles. The zero-order valence-electron chi connectivity index (χ0n) is 13.6. The first-order valence-electron chi connectivity index (χ1n) is 7.49. The highest BCUT2D eigenvalue weighted by atomic mass is 32.1. The third-order valence-electron chi connectivity index (χ3n) is 3.39. The molecule has 0 aliphatic heterocycles. The quantitative estimate of drug-likeness (QED) is 0.687. The first-order valence-corrected chi connectivity index (χ1v) is 8.31. The number of nitrogens with one attached hydrogen (secondary N) is 2. The van der Waals surface area contributed by atoms with Crippen molar-refractivity contribution in [3.8, 4) is 0 Å². The molecule has 0 bridgehead atoms. The number of hydrogen-bond acceptors (Lipinski definition) is 4. The van der Waals surface area contributed by atoms with E-state index in [1.165, 1.54) is 11.3 Å². The molecule has 2 aromatic carbocycles. The largest absolute Gasteiger partial charge is 0.332 e. The lowest BCUT2D eigenvalue weighted by Crippen LogP contribution is -2.11. The first-order chi connectivity index (χ1) is 11.9. The summed E-state index contributed by atoms with van der Waals surface area (Å²) in [7, 11) is 0. The molecule has 0 saturated heterocycles. The summed E-state index contributed by atoms with van der Waals surface area (Å²) in [5, 5.41) is 6.21. The number of hydrogen-bond donors (Lipinski definition) is 2. The summed E-state index contributed by atoms with van der Waals surface area (Å²) in [5.74, 6) is -1.96. The van der Waals surface area contributed by atoms with E-state index in [4.69, 9.17) is 0 Å². The van der Waals surface area contributed by atoms with Crippen LogP contribution in [0.1, 0.15) is 20.9 Å². The maximum atomic E-state index is 13.2. The Morgan fingerprint density at radius 2 is 1.76 bits per heavy atom. The van der Waals surface area contributed by atoms with Crippen molar-refractivity contribution in [1.29, 1.82) is 0 Å². The van der Waals surface area contributed by atoms with Crippen LogP contribution in [-0.2, 0) is 0 Å². The second kappa shape index (κ2) is 6.98. The number of aryl methyl sites for hydroxylation is 2. The molecule has 1 amide bonds. The van der Waals surface area contributed by atoms with E-state index in [0.29, 0.717) is 15.7 Å². The van der Waals surface area contributed by atoms with Gasteiger partial charge in [-0.1, -0.05) is 23.5 Å². The van der Waals surface area contributed by atoms with Gasteiger partial charge in [-0.15, -0.1) is 0 Å². The predicted molar refractivity (Wildman–Crippen MR) is 95.6 cm³/mol. The highest BCUT2D eigenvalue weighted by Gasteiger charge is 2.16. The van der Waals surface area contributed by atoms with Gasteiger partial charge in [-0.2, -0.15) is 0 Å². The zero-order valence-corrected chi connectivity index (χ0v) is 14.4. The van der Waals surface area contributed by atoms with Gasteiger partial charge >= 0.3 is 0 Å². The minimum Gasteiger partial charge on any atom is -0.332 e. The van der Waals surface area contributed by atoms with Crippen molar-refractivity contribution in [1.82, 2.24) is 4.98 Å². The SMILES string of the molecule is Cc1cccc(Nc2nc(C)c(C(=O)Nc3cc(F)cc(F)c3)s2)c1. The smallest absolute Gasteiger partial charge is 0.267 e. The van der Waals surface area contributed by atoms with E-state index in [-0.39, 0.29) is 5.69 Å². The average Bonchev–Trinajstić information content (AvgIpc) is 2.86. The van der Waals surface area contributed by atoms with Crippen LogP contribution in [0.5, 0.6) is 0 Å². The lowest BCUT2D eigenvalue weighted by molar-refractivity contribution is 0.103. The molecule has 3 rings (SSSR count). The number of thiazole rings is 1. The summed E-state index contributed by atoms with van der Waals surface area (Å²) in [6, 6.07) is 10.6. The van der Waals surface area contributed by atoms with Crippen LogP contribution >= 0.6 is 11.3 Å². The third kappa shape index (κ3) is 4.19. The molecule has 0 atom stereocenters. The van der Waals surface area contributed by atoms with E-state index in [0.717, 1.165) is 29.4 Å². The fraction of sp³-hybridized carbons (Fsp3) is 0.111. The maximum Gasteiger partial charge on any atom is 0.267 e. The number of aromatic nitrogens is 1. The fourth-order valence-electron chi connectivity index (χ4n) is 2.32. The van der Waals surface area contributed by atoms with Gasteiger partial charge in [0, 0.05) is 17.4 Å². The molecule has 0 unspecified atom stereocenters. The highest BCUT2D eigenvalue weighted by molar-refractivity contribution is 7.17. The number of amides is 1. The van der Waals surface area contributed by atoms with Crippen LogP contribution in [0.15, 0.2) is 42.5 Å². The van der Waals surface area contributed by atoms with Gasteiger partial charge in [0.1, 0.15) is 16.5 Å². The molecule has 0 aliphatic rings. The first kappa shape index (κ1) is 17.0. The Bertz CT molecular complexity index is 920. The van der Waals surface area contributed by atoms with Crippen LogP contribution in [0.25, 0.3) is 0 Å². The number of benzene rings is 2. The van der Waals surface area contributed by atoms with E-state index < -0.39 is 17.5 Å².